The first-order chi connectivity index (χ1) is 16.1. The molecule has 5 heteroatoms. The molecule has 2 aromatic carbocycles. The molecule has 0 unspecified atom stereocenters. The second kappa shape index (κ2) is 12.2. The lowest BCUT2D eigenvalue weighted by Gasteiger charge is -2.23. The smallest absolute Gasteiger partial charge is 0.335 e. The van der Waals surface area contributed by atoms with E-state index < -0.39 is 5.97 Å². The minimum Gasteiger partial charge on any atom is -0.478 e. The Balaban J connectivity index is 0.000000186. The Morgan fingerprint density at radius 2 is 1.27 bits per heavy atom. The van der Waals surface area contributed by atoms with Crippen molar-refractivity contribution in [2.75, 3.05) is 0 Å². The molecule has 0 heterocycles. The van der Waals surface area contributed by atoms with Crippen molar-refractivity contribution < 1.29 is 15.0 Å². The molecular weight excluding hydrogens is 412 g/mol. The van der Waals surface area contributed by atoms with Crippen LogP contribution >= 0.6 is 0 Å². The van der Waals surface area contributed by atoms with Gasteiger partial charge in [0.25, 0.3) is 0 Å². The fourth-order valence-electron chi connectivity index (χ4n) is 5.12. The van der Waals surface area contributed by atoms with Gasteiger partial charge < -0.3 is 10.2 Å². The molecule has 0 saturated heterocycles. The number of rotatable bonds is 4. The summed E-state index contributed by atoms with van der Waals surface area (Å²) in [5, 5.41) is 36.2. The number of nitriles is 2. The maximum absolute atomic E-state index is 10.8. The van der Waals surface area contributed by atoms with Gasteiger partial charge in [-0.2, -0.15) is 10.5 Å². The van der Waals surface area contributed by atoms with Crippen molar-refractivity contribution in [3.8, 4) is 12.1 Å². The standard InChI is InChI=1S/C14H15NO2.C14H17NO/c15-9-12-8-11(14(16)17)6-7-13(12)10-4-2-1-3-5-10;15-9-13-8-11(10-16)6-7-14(13)12-4-2-1-3-5-12/h6-8,10H,1-5H2,(H,16,17);6-8,12,16H,1-5,10H2. The van der Waals surface area contributed by atoms with Gasteiger partial charge >= 0.3 is 5.97 Å². The summed E-state index contributed by atoms with van der Waals surface area (Å²) in [6.45, 7) is 0.0135. The van der Waals surface area contributed by atoms with Crippen molar-refractivity contribution in [1.29, 1.82) is 10.5 Å². The fraction of sp³-hybridized carbons (Fsp3) is 0.464. The zero-order valence-corrected chi connectivity index (χ0v) is 19.1. The van der Waals surface area contributed by atoms with Gasteiger partial charge in [-0.3, -0.25) is 0 Å². The monoisotopic (exact) mass is 444 g/mol. The third-order valence-corrected chi connectivity index (χ3v) is 6.93. The molecule has 2 saturated carbocycles. The Morgan fingerprint density at radius 3 is 1.73 bits per heavy atom. The summed E-state index contributed by atoms with van der Waals surface area (Å²) >= 11 is 0. The number of nitrogens with zero attached hydrogens (tertiary/aromatic N) is 2. The number of carboxylic acid groups (broad SMARTS) is 1. The van der Waals surface area contributed by atoms with Crippen LogP contribution in [0.15, 0.2) is 36.4 Å². The van der Waals surface area contributed by atoms with Gasteiger partial charge in [0.2, 0.25) is 0 Å². The highest BCUT2D eigenvalue weighted by Crippen LogP contribution is 2.35. The second-order valence-electron chi connectivity index (χ2n) is 9.08. The highest BCUT2D eigenvalue weighted by molar-refractivity contribution is 5.88. The Bertz CT molecular complexity index is 1040. The highest BCUT2D eigenvalue weighted by Gasteiger charge is 2.20. The van der Waals surface area contributed by atoms with Gasteiger partial charge in [-0.25, -0.2) is 4.79 Å². The van der Waals surface area contributed by atoms with Crippen LogP contribution in [0, 0.1) is 22.7 Å². The SMILES string of the molecule is N#Cc1cc(C(=O)O)ccc1C1CCCCC1.N#Cc1cc(CO)ccc1C1CCCCC1. The number of benzene rings is 2. The first-order valence-electron chi connectivity index (χ1n) is 12.0. The molecule has 0 radical (unpaired) electrons. The lowest BCUT2D eigenvalue weighted by atomic mass is 9.82. The number of hydrogen-bond acceptors (Lipinski definition) is 4. The van der Waals surface area contributed by atoms with Gasteiger partial charge in [0.1, 0.15) is 0 Å². The maximum Gasteiger partial charge on any atom is 0.335 e. The van der Waals surface area contributed by atoms with Crippen LogP contribution in [0.2, 0.25) is 0 Å². The van der Waals surface area contributed by atoms with E-state index in [0.717, 1.165) is 29.5 Å². The number of hydrogen-bond donors (Lipinski definition) is 2. The number of aromatic carboxylic acids is 1. The van der Waals surface area contributed by atoms with Gasteiger partial charge in [0.05, 0.1) is 35.4 Å². The quantitative estimate of drug-likeness (QED) is 0.567. The highest BCUT2D eigenvalue weighted by atomic mass is 16.4. The summed E-state index contributed by atoms with van der Waals surface area (Å²) in [5.74, 6) is 0.00841. The summed E-state index contributed by atoms with van der Waals surface area (Å²) in [7, 11) is 0. The first kappa shape index (κ1) is 24.5. The Hall–Kier alpha value is -3.15. The molecule has 2 aliphatic carbocycles. The van der Waals surface area contributed by atoms with E-state index >= 15 is 0 Å². The molecule has 172 valence electrons. The fourth-order valence-corrected chi connectivity index (χ4v) is 5.12. The summed E-state index contributed by atoms with van der Waals surface area (Å²) in [4.78, 5) is 10.8. The van der Waals surface area contributed by atoms with Crippen LogP contribution in [0.3, 0.4) is 0 Å². The van der Waals surface area contributed by atoms with Crippen molar-refractivity contribution in [2.45, 2.75) is 82.7 Å². The zero-order chi connectivity index (χ0) is 23.6. The van der Waals surface area contributed by atoms with E-state index in [-0.39, 0.29) is 12.2 Å². The largest absolute Gasteiger partial charge is 0.478 e. The van der Waals surface area contributed by atoms with Gasteiger partial charge in [0, 0.05) is 0 Å². The van der Waals surface area contributed by atoms with Gasteiger partial charge in [-0.1, -0.05) is 56.7 Å². The number of carboxylic acids is 1. The third-order valence-electron chi connectivity index (χ3n) is 6.93. The van der Waals surface area contributed by atoms with Gasteiger partial charge in [-0.15, -0.1) is 0 Å². The minimum absolute atomic E-state index is 0.0135. The zero-order valence-electron chi connectivity index (χ0n) is 19.1. The number of carbonyl (C=O) groups is 1. The van der Waals surface area contributed by atoms with Crippen LogP contribution in [0.4, 0.5) is 0 Å². The van der Waals surface area contributed by atoms with E-state index in [1.54, 1.807) is 6.07 Å². The van der Waals surface area contributed by atoms with E-state index in [9.17, 15) is 4.79 Å². The molecule has 2 aliphatic rings. The number of aliphatic hydroxyl groups is 1. The molecule has 0 spiro atoms. The molecule has 0 atom stereocenters. The third kappa shape index (κ3) is 6.44. The Labute approximate surface area is 196 Å². The normalized spacial score (nSPS) is 16.7. The first-order valence-corrected chi connectivity index (χ1v) is 12.0. The number of aliphatic hydroxyl groups excluding tert-OH is 1. The lowest BCUT2D eigenvalue weighted by Crippen LogP contribution is -2.07. The van der Waals surface area contributed by atoms with Crippen LogP contribution in [0.1, 0.15) is 114 Å². The van der Waals surface area contributed by atoms with E-state index in [2.05, 4.69) is 12.1 Å². The average Bonchev–Trinajstić information content (AvgIpc) is 2.89. The molecule has 0 aromatic heterocycles. The summed E-state index contributed by atoms with van der Waals surface area (Å²) < 4.78 is 0. The van der Waals surface area contributed by atoms with E-state index in [0.29, 0.717) is 17.4 Å². The summed E-state index contributed by atoms with van der Waals surface area (Å²) in [6.07, 6.45) is 12.2. The predicted octanol–water partition coefficient (Wildman–Crippen LogP) is 6.40. The van der Waals surface area contributed by atoms with Gasteiger partial charge in [-0.05, 0) is 72.4 Å². The molecule has 0 bridgehead atoms. The topological polar surface area (TPSA) is 105 Å². The van der Waals surface area contributed by atoms with Crippen LogP contribution in [0.5, 0.6) is 0 Å². The molecule has 5 nitrogen and oxygen atoms in total. The molecule has 2 fully saturated rings. The lowest BCUT2D eigenvalue weighted by molar-refractivity contribution is 0.0697. The van der Waals surface area contributed by atoms with Crippen molar-refractivity contribution in [3.05, 3.63) is 69.8 Å². The average molecular weight is 445 g/mol. The van der Waals surface area contributed by atoms with Crippen LogP contribution in [-0.2, 0) is 6.61 Å². The van der Waals surface area contributed by atoms with E-state index in [4.69, 9.17) is 20.7 Å². The molecular formula is C28H32N2O3. The molecule has 33 heavy (non-hydrogen) atoms. The molecule has 2 N–H and O–H groups in total. The van der Waals surface area contributed by atoms with Gasteiger partial charge in [0.15, 0.2) is 0 Å². The second-order valence-corrected chi connectivity index (χ2v) is 9.08. The minimum atomic E-state index is -0.975. The maximum atomic E-state index is 10.8. The molecule has 0 amide bonds. The summed E-state index contributed by atoms with van der Waals surface area (Å²) in [6, 6.07) is 15.1. The van der Waals surface area contributed by atoms with Crippen LogP contribution < -0.4 is 0 Å². The van der Waals surface area contributed by atoms with E-state index in [1.165, 1.54) is 63.0 Å². The molecule has 2 aromatic rings. The van der Waals surface area contributed by atoms with Crippen LogP contribution in [-0.4, -0.2) is 16.2 Å². The van der Waals surface area contributed by atoms with Crippen LogP contribution in [0.25, 0.3) is 0 Å². The van der Waals surface area contributed by atoms with Crippen molar-refractivity contribution in [3.63, 3.8) is 0 Å². The predicted molar refractivity (Wildman–Crippen MR) is 127 cm³/mol. The summed E-state index contributed by atoms with van der Waals surface area (Å²) in [5.41, 5.74) is 4.50. The van der Waals surface area contributed by atoms with Crippen molar-refractivity contribution >= 4 is 5.97 Å². The Morgan fingerprint density at radius 1 is 0.788 bits per heavy atom. The van der Waals surface area contributed by atoms with Crippen molar-refractivity contribution in [2.24, 2.45) is 0 Å². The van der Waals surface area contributed by atoms with E-state index in [1.807, 2.05) is 24.3 Å². The Kier molecular flexibility index (Phi) is 9.04. The van der Waals surface area contributed by atoms with Crippen molar-refractivity contribution in [1.82, 2.24) is 0 Å². The molecule has 4 rings (SSSR count). The molecule has 0 aliphatic heterocycles.